The van der Waals surface area contributed by atoms with Gasteiger partial charge in [0.2, 0.25) is 10.0 Å². The molecule has 0 radical (unpaired) electrons. The Morgan fingerprint density at radius 3 is 2.61 bits per heavy atom. The van der Waals surface area contributed by atoms with Crippen LogP contribution in [-0.2, 0) is 10.0 Å². The number of hydrogen-bond donors (Lipinski definition) is 3. The first-order valence-corrected chi connectivity index (χ1v) is 8.37. The summed E-state index contributed by atoms with van der Waals surface area (Å²) in [4.78, 5) is 0.172. The molecule has 5 nitrogen and oxygen atoms in total. The monoisotopic (exact) mass is 289 g/mol. The van der Waals surface area contributed by atoms with Crippen molar-refractivity contribution in [3.8, 4) is 0 Å². The Balaban J connectivity index is 2.93. The Hall–Kier alpha value is -0.920. The zero-order valence-electron chi connectivity index (χ0n) is 10.7. The van der Waals surface area contributed by atoms with E-state index in [0.29, 0.717) is 5.69 Å². The van der Waals surface area contributed by atoms with Crippen molar-refractivity contribution in [2.75, 3.05) is 30.1 Å². The number of anilines is 2. The Morgan fingerprint density at radius 2 is 2.11 bits per heavy atom. The van der Waals surface area contributed by atoms with Gasteiger partial charge in [0.25, 0.3) is 0 Å². The van der Waals surface area contributed by atoms with Gasteiger partial charge < -0.3 is 11.1 Å². The molecule has 1 atom stereocenters. The normalized spacial score (nSPS) is 13.3. The minimum Gasteiger partial charge on any atom is -0.397 e. The molecule has 0 aliphatic rings. The highest BCUT2D eigenvalue weighted by Crippen LogP contribution is 2.23. The molecule has 1 aromatic rings. The van der Waals surface area contributed by atoms with E-state index in [4.69, 9.17) is 5.73 Å². The van der Waals surface area contributed by atoms with E-state index >= 15 is 0 Å². The molecule has 1 aromatic carbocycles. The summed E-state index contributed by atoms with van der Waals surface area (Å²) in [5, 5.41) is 3.25. The molecule has 7 heteroatoms. The lowest BCUT2D eigenvalue weighted by atomic mass is 10.2. The van der Waals surface area contributed by atoms with Crippen molar-refractivity contribution in [1.29, 1.82) is 0 Å². The molecule has 0 bridgehead atoms. The maximum Gasteiger partial charge on any atom is 0.240 e. The lowest BCUT2D eigenvalue weighted by Gasteiger charge is -2.16. The van der Waals surface area contributed by atoms with Crippen LogP contribution >= 0.6 is 11.8 Å². The van der Waals surface area contributed by atoms with E-state index in [-0.39, 0.29) is 10.9 Å². The van der Waals surface area contributed by atoms with Crippen LogP contribution in [0.5, 0.6) is 0 Å². The summed E-state index contributed by atoms with van der Waals surface area (Å²) in [6, 6.07) is 4.96. The quantitative estimate of drug-likeness (QED) is 0.688. The smallest absolute Gasteiger partial charge is 0.240 e. The number of hydrogen-bond acceptors (Lipinski definition) is 5. The minimum atomic E-state index is -3.44. The van der Waals surface area contributed by atoms with Gasteiger partial charge in [-0.1, -0.05) is 0 Å². The van der Waals surface area contributed by atoms with Gasteiger partial charge in [-0.3, -0.25) is 0 Å². The average molecular weight is 289 g/mol. The van der Waals surface area contributed by atoms with Gasteiger partial charge in [0.15, 0.2) is 0 Å². The van der Waals surface area contributed by atoms with Crippen LogP contribution in [0.15, 0.2) is 23.1 Å². The van der Waals surface area contributed by atoms with E-state index in [1.54, 1.807) is 17.8 Å². The van der Waals surface area contributed by atoms with Crippen LogP contribution in [0.4, 0.5) is 11.4 Å². The highest BCUT2D eigenvalue weighted by Gasteiger charge is 2.13. The number of nitrogens with one attached hydrogen (secondary N) is 2. The maximum atomic E-state index is 11.6. The fourth-order valence-electron chi connectivity index (χ4n) is 1.51. The van der Waals surface area contributed by atoms with Crippen LogP contribution < -0.4 is 15.8 Å². The van der Waals surface area contributed by atoms with Crippen LogP contribution in [-0.4, -0.2) is 33.5 Å². The molecule has 0 aromatic heterocycles. The van der Waals surface area contributed by atoms with Gasteiger partial charge in [0, 0.05) is 11.8 Å². The molecule has 0 saturated carbocycles. The highest BCUT2D eigenvalue weighted by molar-refractivity contribution is 7.98. The average Bonchev–Trinajstić information content (AvgIpc) is 2.32. The van der Waals surface area contributed by atoms with Crippen molar-refractivity contribution in [1.82, 2.24) is 4.72 Å². The highest BCUT2D eigenvalue weighted by atomic mass is 32.2. The molecule has 0 amide bonds. The number of benzene rings is 1. The number of rotatable bonds is 6. The summed E-state index contributed by atoms with van der Waals surface area (Å²) in [6.45, 7) is 2.05. The van der Waals surface area contributed by atoms with Crippen LogP contribution in [0.2, 0.25) is 0 Å². The van der Waals surface area contributed by atoms with E-state index in [1.807, 2.05) is 13.2 Å². The first-order chi connectivity index (χ1) is 8.40. The number of sulfonamides is 1. The van der Waals surface area contributed by atoms with Crippen LogP contribution in [0.1, 0.15) is 6.92 Å². The summed E-state index contributed by atoms with van der Waals surface area (Å²) in [6.07, 6.45) is 2.03. The molecule has 4 N–H and O–H groups in total. The van der Waals surface area contributed by atoms with Gasteiger partial charge in [0.1, 0.15) is 0 Å². The number of nitrogens with two attached hydrogens (primary N) is 1. The van der Waals surface area contributed by atoms with Gasteiger partial charge in [-0.15, -0.1) is 0 Å². The van der Waals surface area contributed by atoms with E-state index in [0.717, 1.165) is 11.4 Å². The van der Waals surface area contributed by atoms with Gasteiger partial charge in [-0.2, -0.15) is 11.8 Å². The molecule has 0 spiro atoms. The van der Waals surface area contributed by atoms with E-state index in [1.165, 1.54) is 19.2 Å². The summed E-state index contributed by atoms with van der Waals surface area (Å²) in [5.41, 5.74) is 7.04. The predicted octanol–water partition coefficient (Wildman–Crippen LogP) is 1.34. The van der Waals surface area contributed by atoms with Crippen molar-refractivity contribution in [2.45, 2.75) is 17.9 Å². The van der Waals surface area contributed by atoms with Crippen molar-refractivity contribution in [3.05, 3.63) is 18.2 Å². The molecule has 0 heterocycles. The second kappa shape index (κ2) is 6.31. The molecule has 102 valence electrons. The maximum absolute atomic E-state index is 11.6. The van der Waals surface area contributed by atoms with Crippen LogP contribution in [0.25, 0.3) is 0 Å². The number of thioether (sulfide) groups is 1. The third-order valence-corrected chi connectivity index (χ3v) is 4.67. The molecular weight excluding hydrogens is 270 g/mol. The third-order valence-electron chi connectivity index (χ3n) is 2.42. The second-order valence-corrected chi connectivity index (χ2v) is 6.75. The SMILES string of the molecule is CNS(=O)(=O)c1ccc(NC(C)CSC)c(N)c1. The molecule has 0 saturated heterocycles. The van der Waals surface area contributed by atoms with E-state index in [9.17, 15) is 8.42 Å². The van der Waals surface area contributed by atoms with Crippen molar-refractivity contribution < 1.29 is 8.42 Å². The molecule has 0 aliphatic heterocycles. The zero-order chi connectivity index (χ0) is 13.8. The Kier molecular flexibility index (Phi) is 5.30. The first-order valence-electron chi connectivity index (χ1n) is 5.49. The molecule has 1 rings (SSSR count). The van der Waals surface area contributed by atoms with Crippen molar-refractivity contribution >= 4 is 33.2 Å². The fraction of sp³-hybridized carbons (Fsp3) is 0.455. The minimum absolute atomic E-state index is 0.172. The standard InChI is InChI=1S/C11H19N3O2S2/c1-8(7-17-3)14-11-5-4-9(6-10(11)12)18(15,16)13-2/h4-6,8,13-14H,7,12H2,1-3H3. The van der Waals surface area contributed by atoms with Gasteiger partial charge in [-0.25, -0.2) is 13.1 Å². The lowest BCUT2D eigenvalue weighted by molar-refractivity contribution is 0.588. The van der Waals surface area contributed by atoms with Crippen molar-refractivity contribution in [2.24, 2.45) is 0 Å². The Labute approximate surface area is 113 Å². The number of nitrogen functional groups attached to an aromatic ring is 1. The zero-order valence-corrected chi connectivity index (χ0v) is 12.4. The first kappa shape index (κ1) is 15.1. The molecule has 0 fully saturated rings. The summed E-state index contributed by atoms with van der Waals surface area (Å²) in [5.74, 6) is 0.954. The van der Waals surface area contributed by atoms with E-state index in [2.05, 4.69) is 10.0 Å². The third kappa shape index (κ3) is 3.79. The van der Waals surface area contributed by atoms with E-state index < -0.39 is 10.0 Å². The summed E-state index contributed by atoms with van der Waals surface area (Å²) < 4.78 is 25.5. The van der Waals surface area contributed by atoms with Gasteiger partial charge in [0.05, 0.1) is 16.3 Å². The van der Waals surface area contributed by atoms with Gasteiger partial charge in [-0.05, 0) is 38.4 Å². The Morgan fingerprint density at radius 1 is 1.44 bits per heavy atom. The van der Waals surface area contributed by atoms with Crippen molar-refractivity contribution in [3.63, 3.8) is 0 Å². The fourth-order valence-corrected chi connectivity index (χ4v) is 2.86. The Bertz CT molecular complexity index is 503. The lowest BCUT2D eigenvalue weighted by Crippen LogP contribution is -2.20. The van der Waals surface area contributed by atoms with Crippen LogP contribution in [0.3, 0.4) is 0 Å². The predicted molar refractivity (Wildman–Crippen MR) is 78.6 cm³/mol. The topological polar surface area (TPSA) is 84.2 Å². The molecular formula is C11H19N3O2S2. The largest absolute Gasteiger partial charge is 0.397 e. The van der Waals surface area contributed by atoms with Gasteiger partial charge >= 0.3 is 0 Å². The summed E-state index contributed by atoms with van der Waals surface area (Å²) in [7, 11) is -2.06. The molecule has 1 unspecified atom stereocenters. The van der Waals surface area contributed by atoms with Crippen LogP contribution in [0, 0.1) is 0 Å². The summed E-state index contributed by atoms with van der Waals surface area (Å²) >= 11 is 1.74. The molecule has 18 heavy (non-hydrogen) atoms. The molecule has 0 aliphatic carbocycles. The second-order valence-electron chi connectivity index (χ2n) is 3.96.